The van der Waals surface area contributed by atoms with E-state index in [2.05, 4.69) is 24.2 Å². The highest BCUT2D eigenvalue weighted by molar-refractivity contribution is 5.73. The van der Waals surface area contributed by atoms with Gasteiger partial charge >= 0.3 is 0 Å². The molecule has 1 unspecified atom stereocenters. The molecule has 0 aromatic carbocycles. The normalized spacial score (nSPS) is 17.1. The van der Waals surface area contributed by atoms with Crippen LogP contribution in [-0.4, -0.2) is 32.5 Å². The standard InChI is InChI=1S/C13H21N3O2/c1-9(2)3-6-12-11(8-17)14-15-16(12)7-13(18)10-4-5-10/h8-10,13,18H,3-7H2,1-2H3. The number of nitrogens with zero attached hydrogens (tertiary/aromatic N) is 3. The average molecular weight is 251 g/mol. The third-order valence-corrected chi connectivity index (χ3v) is 3.46. The lowest BCUT2D eigenvalue weighted by Gasteiger charge is -2.12. The van der Waals surface area contributed by atoms with Crippen molar-refractivity contribution in [2.45, 2.75) is 52.2 Å². The van der Waals surface area contributed by atoms with Crippen molar-refractivity contribution in [2.75, 3.05) is 0 Å². The molecule has 100 valence electrons. The summed E-state index contributed by atoms with van der Waals surface area (Å²) < 4.78 is 1.70. The highest BCUT2D eigenvalue weighted by atomic mass is 16.3. The van der Waals surface area contributed by atoms with Crippen molar-refractivity contribution in [3.05, 3.63) is 11.4 Å². The molecular weight excluding hydrogens is 230 g/mol. The minimum atomic E-state index is -0.357. The van der Waals surface area contributed by atoms with Gasteiger partial charge in [-0.2, -0.15) is 0 Å². The van der Waals surface area contributed by atoms with Crippen LogP contribution in [0.3, 0.4) is 0 Å². The summed E-state index contributed by atoms with van der Waals surface area (Å²) in [6.07, 6.45) is 4.37. The van der Waals surface area contributed by atoms with Crippen LogP contribution < -0.4 is 0 Å². The van der Waals surface area contributed by atoms with Gasteiger partial charge in [0.1, 0.15) is 5.69 Å². The van der Waals surface area contributed by atoms with Crippen LogP contribution in [0.15, 0.2) is 0 Å². The fourth-order valence-corrected chi connectivity index (χ4v) is 2.07. The molecule has 2 rings (SSSR count). The lowest BCUT2D eigenvalue weighted by Crippen LogP contribution is -2.21. The van der Waals surface area contributed by atoms with E-state index in [1.807, 2.05) is 0 Å². The Morgan fingerprint density at radius 2 is 2.22 bits per heavy atom. The van der Waals surface area contributed by atoms with Crippen LogP contribution in [0, 0.1) is 11.8 Å². The Morgan fingerprint density at radius 1 is 1.50 bits per heavy atom. The molecule has 1 fully saturated rings. The quantitative estimate of drug-likeness (QED) is 0.745. The minimum Gasteiger partial charge on any atom is -0.391 e. The summed E-state index contributed by atoms with van der Waals surface area (Å²) in [7, 11) is 0. The summed E-state index contributed by atoms with van der Waals surface area (Å²) in [4.78, 5) is 10.9. The summed E-state index contributed by atoms with van der Waals surface area (Å²) in [6, 6.07) is 0. The Balaban J connectivity index is 2.07. The molecule has 0 spiro atoms. The maximum Gasteiger partial charge on any atom is 0.172 e. The second kappa shape index (κ2) is 5.61. The smallest absolute Gasteiger partial charge is 0.172 e. The second-order valence-electron chi connectivity index (χ2n) is 5.56. The first-order chi connectivity index (χ1) is 8.61. The Bertz CT molecular complexity index is 410. The predicted molar refractivity (Wildman–Crippen MR) is 67.3 cm³/mol. The van der Waals surface area contributed by atoms with Gasteiger partial charge in [0.25, 0.3) is 0 Å². The van der Waals surface area contributed by atoms with Crippen molar-refractivity contribution in [3.8, 4) is 0 Å². The van der Waals surface area contributed by atoms with Crippen LogP contribution in [0.5, 0.6) is 0 Å². The third kappa shape index (κ3) is 3.16. The molecular formula is C13H21N3O2. The number of aromatic nitrogens is 3. The molecule has 0 bridgehead atoms. The highest BCUT2D eigenvalue weighted by Crippen LogP contribution is 2.33. The van der Waals surface area contributed by atoms with Gasteiger partial charge in [-0.25, -0.2) is 4.68 Å². The van der Waals surface area contributed by atoms with E-state index in [0.717, 1.165) is 37.7 Å². The van der Waals surface area contributed by atoms with E-state index in [1.165, 1.54) is 0 Å². The van der Waals surface area contributed by atoms with E-state index in [4.69, 9.17) is 0 Å². The van der Waals surface area contributed by atoms with Gasteiger partial charge in [-0.1, -0.05) is 19.1 Å². The van der Waals surface area contributed by atoms with Gasteiger partial charge in [0.2, 0.25) is 0 Å². The molecule has 5 nitrogen and oxygen atoms in total. The third-order valence-electron chi connectivity index (χ3n) is 3.46. The van der Waals surface area contributed by atoms with Crippen LogP contribution >= 0.6 is 0 Å². The van der Waals surface area contributed by atoms with Crippen LogP contribution in [-0.2, 0) is 13.0 Å². The van der Waals surface area contributed by atoms with E-state index < -0.39 is 0 Å². The van der Waals surface area contributed by atoms with Gasteiger partial charge in [-0.15, -0.1) is 5.10 Å². The zero-order valence-electron chi connectivity index (χ0n) is 11.0. The Hall–Kier alpha value is -1.23. The van der Waals surface area contributed by atoms with Crippen molar-refractivity contribution in [1.82, 2.24) is 15.0 Å². The van der Waals surface area contributed by atoms with Crippen molar-refractivity contribution < 1.29 is 9.90 Å². The fourth-order valence-electron chi connectivity index (χ4n) is 2.07. The molecule has 1 heterocycles. The molecule has 0 radical (unpaired) electrons. The number of hydrogen-bond acceptors (Lipinski definition) is 4. The Kier molecular flexibility index (Phi) is 4.11. The average Bonchev–Trinajstić information content (AvgIpc) is 3.10. The van der Waals surface area contributed by atoms with Gasteiger partial charge in [0.15, 0.2) is 6.29 Å². The molecule has 5 heteroatoms. The maximum atomic E-state index is 10.9. The SMILES string of the molecule is CC(C)CCc1c(C=O)nnn1CC(O)C1CC1. The monoisotopic (exact) mass is 251 g/mol. The van der Waals surface area contributed by atoms with E-state index in [-0.39, 0.29) is 6.10 Å². The molecule has 0 amide bonds. The summed E-state index contributed by atoms with van der Waals surface area (Å²) in [5.41, 5.74) is 1.28. The van der Waals surface area contributed by atoms with Gasteiger partial charge < -0.3 is 5.11 Å². The molecule has 1 saturated carbocycles. The molecule has 1 atom stereocenters. The molecule has 0 aliphatic heterocycles. The highest BCUT2D eigenvalue weighted by Gasteiger charge is 2.30. The molecule has 1 aromatic heterocycles. The molecule has 18 heavy (non-hydrogen) atoms. The summed E-state index contributed by atoms with van der Waals surface area (Å²) in [5, 5.41) is 17.8. The molecule has 1 aliphatic rings. The number of aliphatic hydroxyl groups is 1. The summed E-state index contributed by atoms with van der Waals surface area (Å²) >= 11 is 0. The van der Waals surface area contributed by atoms with Gasteiger partial charge in [0.05, 0.1) is 18.3 Å². The fraction of sp³-hybridized carbons (Fsp3) is 0.769. The molecule has 1 aromatic rings. The first kappa shape index (κ1) is 13.2. The van der Waals surface area contributed by atoms with E-state index in [0.29, 0.717) is 24.1 Å². The summed E-state index contributed by atoms with van der Waals surface area (Å²) in [5.74, 6) is 0.980. The number of rotatable bonds is 7. The predicted octanol–water partition coefficient (Wildman–Crippen LogP) is 1.45. The Labute approximate surface area is 107 Å². The van der Waals surface area contributed by atoms with Crippen molar-refractivity contribution in [3.63, 3.8) is 0 Å². The van der Waals surface area contributed by atoms with Crippen molar-refractivity contribution in [1.29, 1.82) is 0 Å². The molecule has 1 aliphatic carbocycles. The van der Waals surface area contributed by atoms with E-state index >= 15 is 0 Å². The summed E-state index contributed by atoms with van der Waals surface area (Å²) in [6.45, 7) is 4.75. The van der Waals surface area contributed by atoms with Crippen LogP contribution in [0.4, 0.5) is 0 Å². The zero-order valence-corrected chi connectivity index (χ0v) is 11.0. The Morgan fingerprint density at radius 3 is 2.78 bits per heavy atom. The van der Waals surface area contributed by atoms with E-state index in [9.17, 15) is 9.90 Å². The second-order valence-corrected chi connectivity index (χ2v) is 5.56. The van der Waals surface area contributed by atoms with Crippen molar-refractivity contribution in [2.24, 2.45) is 11.8 Å². The van der Waals surface area contributed by atoms with Gasteiger partial charge in [0, 0.05) is 0 Å². The molecule has 0 saturated heterocycles. The lowest BCUT2D eigenvalue weighted by atomic mass is 10.1. The lowest BCUT2D eigenvalue weighted by molar-refractivity contribution is 0.111. The van der Waals surface area contributed by atoms with Gasteiger partial charge in [-0.3, -0.25) is 4.79 Å². The maximum absolute atomic E-state index is 10.9. The van der Waals surface area contributed by atoms with Crippen LogP contribution in [0.25, 0.3) is 0 Å². The first-order valence-corrected chi connectivity index (χ1v) is 6.67. The molecule has 1 N–H and O–H groups in total. The van der Waals surface area contributed by atoms with Crippen molar-refractivity contribution >= 4 is 6.29 Å². The van der Waals surface area contributed by atoms with E-state index in [1.54, 1.807) is 4.68 Å². The number of carbonyl (C=O) groups is 1. The number of aldehydes is 1. The topological polar surface area (TPSA) is 68.0 Å². The number of hydrogen-bond donors (Lipinski definition) is 1. The number of aliphatic hydroxyl groups excluding tert-OH is 1. The van der Waals surface area contributed by atoms with Crippen LogP contribution in [0.2, 0.25) is 0 Å². The minimum absolute atomic E-state index is 0.357. The zero-order chi connectivity index (χ0) is 13.1. The number of carbonyl (C=O) groups excluding carboxylic acids is 1. The largest absolute Gasteiger partial charge is 0.391 e. The first-order valence-electron chi connectivity index (χ1n) is 6.67. The van der Waals surface area contributed by atoms with Crippen LogP contribution in [0.1, 0.15) is 49.3 Å². The van der Waals surface area contributed by atoms with Gasteiger partial charge in [-0.05, 0) is 37.5 Å².